The fourth-order valence-electron chi connectivity index (χ4n) is 2.26. The molecule has 0 aromatic heterocycles. The number of aliphatic hydroxyl groups is 1. The molecule has 2 aliphatic heterocycles. The average molecular weight is 278 g/mol. The Balaban J connectivity index is 1.64. The average Bonchev–Trinajstić information content (AvgIpc) is 2.98. The van der Waals surface area contributed by atoms with Crippen molar-refractivity contribution in [3.63, 3.8) is 0 Å². The summed E-state index contributed by atoms with van der Waals surface area (Å²) in [5.41, 5.74) is 2.21. The molecular formula is C12H14N4O2S. The van der Waals surface area contributed by atoms with E-state index in [2.05, 4.69) is 14.0 Å². The van der Waals surface area contributed by atoms with Crippen molar-refractivity contribution in [2.75, 3.05) is 25.0 Å². The summed E-state index contributed by atoms with van der Waals surface area (Å²) in [5, 5.41) is 12.3. The van der Waals surface area contributed by atoms with Crippen LogP contribution >= 0.6 is 0 Å². The Morgan fingerprint density at radius 3 is 3.21 bits per heavy atom. The maximum Gasteiger partial charge on any atom is 0.238 e. The molecule has 3 rings (SSSR count). The number of aliphatic hydroxyl groups excluding tert-OH is 1. The number of fused-ring (bicyclic) bond motifs is 1. The summed E-state index contributed by atoms with van der Waals surface area (Å²) in [7, 11) is 0. The third-order valence-corrected chi connectivity index (χ3v) is 3.72. The number of nitrogens with one attached hydrogen (secondary N) is 1. The molecule has 1 aromatic carbocycles. The van der Waals surface area contributed by atoms with Crippen molar-refractivity contribution in [2.45, 2.75) is 12.5 Å². The molecule has 1 fully saturated rings. The predicted molar refractivity (Wildman–Crippen MR) is 73.7 cm³/mol. The predicted octanol–water partition coefficient (Wildman–Crippen LogP) is 1.42. The summed E-state index contributed by atoms with van der Waals surface area (Å²) in [4.78, 5) is 13.9. The number of anilines is 1. The number of rotatable bonds is 3. The zero-order valence-corrected chi connectivity index (χ0v) is 11.1. The molecule has 1 atom stereocenters. The fraction of sp³-hybridized carbons (Fsp3) is 0.417. The van der Waals surface area contributed by atoms with Crippen LogP contribution in [-0.2, 0) is 16.1 Å². The molecule has 100 valence electrons. The van der Waals surface area contributed by atoms with Crippen LogP contribution < -0.4 is 5.32 Å². The number of β-amino-alcohol motifs (C(OH)–C–C–N with tert-alkyl or cyclic N) is 1. The van der Waals surface area contributed by atoms with Crippen molar-refractivity contribution in [3.05, 3.63) is 18.2 Å². The van der Waals surface area contributed by atoms with Crippen LogP contribution in [0.4, 0.5) is 17.1 Å². The molecule has 6 nitrogen and oxygen atoms in total. The highest BCUT2D eigenvalue weighted by molar-refractivity contribution is 7.58. The zero-order chi connectivity index (χ0) is 13.2. The highest BCUT2D eigenvalue weighted by atomic mass is 32.1. The van der Waals surface area contributed by atoms with Crippen LogP contribution in [0.25, 0.3) is 0 Å². The number of amides is 1. The van der Waals surface area contributed by atoms with Gasteiger partial charge in [-0.3, -0.25) is 9.69 Å². The van der Waals surface area contributed by atoms with Crippen LogP contribution in [-0.4, -0.2) is 41.7 Å². The molecule has 0 unspecified atom stereocenters. The van der Waals surface area contributed by atoms with E-state index in [0.29, 0.717) is 18.8 Å². The molecule has 1 aromatic rings. The van der Waals surface area contributed by atoms with Crippen molar-refractivity contribution in [1.29, 1.82) is 0 Å². The monoisotopic (exact) mass is 278 g/mol. The maximum atomic E-state index is 12.0. The number of hydrogen-bond donors (Lipinski definition) is 2. The van der Waals surface area contributed by atoms with Crippen LogP contribution in [0.1, 0.15) is 6.42 Å². The molecule has 2 aliphatic rings. The molecule has 7 heteroatoms. The van der Waals surface area contributed by atoms with Gasteiger partial charge in [0.05, 0.1) is 29.7 Å². The minimum Gasteiger partial charge on any atom is -0.392 e. The number of hydrogen-bond acceptors (Lipinski definition) is 5. The van der Waals surface area contributed by atoms with Gasteiger partial charge in [0, 0.05) is 13.1 Å². The molecule has 0 radical (unpaired) electrons. The van der Waals surface area contributed by atoms with E-state index in [0.717, 1.165) is 35.7 Å². The van der Waals surface area contributed by atoms with Crippen LogP contribution in [0, 0.1) is 0 Å². The van der Waals surface area contributed by atoms with Gasteiger partial charge in [0.25, 0.3) is 0 Å². The Hall–Kier alpha value is -1.57. The van der Waals surface area contributed by atoms with Gasteiger partial charge in [-0.15, -0.1) is 0 Å². The molecule has 19 heavy (non-hydrogen) atoms. The third-order valence-electron chi connectivity index (χ3n) is 3.17. The Kier molecular flexibility index (Phi) is 3.41. The topological polar surface area (TPSA) is 77.3 Å². The first-order valence-electron chi connectivity index (χ1n) is 6.14. The molecule has 0 spiro atoms. The fourth-order valence-corrected chi connectivity index (χ4v) is 2.81. The number of likely N-dealkylation sites (tertiary alicyclic amines) is 1. The van der Waals surface area contributed by atoms with Gasteiger partial charge in [-0.2, -0.15) is 8.73 Å². The van der Waals surface area contributed by atoms with Crippen LogP contribution in [0.15, 0.2) is 26.9 Å². The lowest BCUT2D eigenvalue weighted by Crippen LogP contribution is -2.32. The summed E-state index contributed by atoms with van der Waals surface area (Å²) < 4.78 is 8.31. The van der Waals surface area contributed by atoms with E-state index in [1.54, 1.807) is 0 Å². The highest BCUT2D eigenvalue weighted by Crippen LogP contribution is 2.38. The third kappa shape index (κ3) is 2.73. The first-order chi connectivity index (χ1) is 9.22. The highest BCUT2D eigenvalue weighted by Gasteiger charge is 2.22. The lowest BCUT2D eigenvalue weighted by Gasteiger charge is -2.15. The van der Waals surface area contributed by atoms with E-state index in [-0.39, 0.29) is 12.0 Å². The SMILES string of the molecule is O=C(CN1CC[C@H](O)C1)Nc1cccc2c1N=S=N2. The van der Waals surface area contributed by atoms with Gasteiger partial charge in [-0.05, 0) is 18.6 Å². The number of benzene rings is 1. The Morgan fingerprint density at radius 2 is 2.42 bits per heavy atom. The summed E-state index contributed by atoms with van der Waals surface area (Å²) in [6, 6.07) is 5.53. The second-order valence-electron chi connectivity index (χ2n) is 4.66. The number of carbonyl (C=O) groups is 1. The normalized spacial score (nSPS) is 21.2. The first-order valence-corrected chi connectivity index (χ1v) is 6.87. The molecule has 2 heterocycles. The smallest absolute Gasteiger partial charge is 0.238 e. The summed E-state index contributed by atoms with van der Waals surface area (Å²) in [5.74, 6) is -0.0883. The van der Waals surface area contributed by atoms with E-state index >= 15 is 0 Å². The van der Waals surface area contributed by atoms with Gasteiger partial charge in [-0.25, -0.2) is 0 Å². The molecular weight excluding hydrogens is 264 g/mol. The molecule has 1 amide bonds. The van der Waals surface area contributed by atoms with E-state index < -0.39 is 0 Å². The van der Waals surface area contributed by atoms with E-state index in [1.165, 1.54) is 0 Å². The van der Waals surface area contributed by atoms with Crippen LogP contribution in [0.2, 0.25) is 0 Å². The van der Waals surface area contributed by atoms with Crippen molar-refractivity contribution < 1.29 is 9.90 Å². The standard InChI is InChI=1S/C12H14N4O2S/c17-8-4-5-16(6-8)7-11(18)13-9-2-1-3-10-12(9)15-19-14-10/h1-3,8,17H,4-7H2,(H,13,18)/t8-/m0/s1. The van der Waals surface area contributed by atoms with Crippen molar-refractivity contribution >= 4 is 34.3 Å². The van der Waals surface area contributed by atoms with E-state index in [9.17, 15) is 9.90 Å². The summed E-state index contributed by atoms with van der Waals surface area (Å²) in [6.45, 7) is 1.62. The number of carbonyl (C=O) groups excluding carboxylic acids is 1. The zero-order valence-electron chi connectivity index (χ0n) is 10.2. The Morgan fingerprint density at radius 1 is 1.53 bits per heavy atom. The molecule has 0 saturated carbocycles. The molecule has 0 aliphatic carbocycles. The maximum absolute atomic E-state index is 12.0. The van der Waals surface area contributed by atoms with Gasteiger partial charge >= 0.3 is 0 Å². The molecule has 1 saturated heterocycles. The van der Waals surface area contributed by atoms with Crippen LogP contribution in [0.5, 0.6) is 0 Å². The lowest BCUT2D eigenvalue weighted by molar-refractivity contribution is -0.117. The van der Waals surface area contributed by atoms with Crippen LogP contribution in [0.3, 0.4) is 0 Å². The van der Waals surface area contributed by atoms with Crippen molar-refractivity contribution in [3.8, 4) is 0 Å². The second-order valence-corrected chi connectivity index (χ2v) is 5.19. The van der Waals surface area contributed by atoms with Crippen molar-refractivity contribution in [2.24, 2.45) is 8.73 Å². The largest absolute Gasteiger partial charge is 0.392 e. The molecule has 0 bridgehead atoms. The quantitative estimate of drug-likeness (QED) is 0.891. The van der Waals surface area contributed by atoms with E-state index in [4.69, 9.17) is 0 Å². The first kappa shape index (κ1) is 12.5. The summed E-state index contributed by atoms with van der Waals surface area (Å²) in [6.07, 6.45) is 0.428. The van der Waals surface area contributed by atoms with Gasteiger partial charge in [0.1, 0.15) is 11.4 Å². The Labute approximate surface area is 114 Å². The van der Waals surface area contributed by atoms with Gasteiger partial charge in [-0.1, -0.05) is 6.07 Å². The second kappa shape index (κ2) is 5.20. The number of nitrogens with zero attached hydrogens (tertiary/aromatic N) is 3. The lowest BCUT2D eigenvalue weighted by atomic mass is 10.2. The minimum atomic E-state index is -0.307. The van der Waals surface area contributed by atoms with Gasteiger partial charge in [0.2, 0.25) is 5.91 Å². The minimum absolute atomic E-state index is 0.0883. The Bertz CT molecular complexity index is 583. The molecule has 2 N–H and O–H groups in total. The van der Waals surface area contributed by atoms with Crippen molar-refractivity contribution in [1.82, 2.24) is 4.90 Å². The summed E-state index contributed by atoms with van der Waals surface area (Å²) >= 11 is 1.13. The van der Waals surface area contributed by atoms with Gasteiger partial charge in [0.15, 0.2) is 0 Å². The van der Waals surface area contributed by atoms with E-state index in [1.807, 2.05) is 23.1 Å². The van der Waals surface area contributed by atoms with Gasteiger partial charge < -0.3 is 10.4 Å².